The molecule has 5 nitrogen and oxygen atoms in total. The van der Waals surface area contributed by atoms with Gasteiger partial charge in [-0.3, -0.25) is 4.79 Å². The average Bonchev–Trinajstić information content (AvgIpc) is 2.96. The summed E-state index contributed by atoms with van der Waals surface area (Å²) in [6, 6.07) is 8.22. The lowest BCUT2D eigenvalue weighted by Crippen LogP contribution is -2.30. The number of hydrogen-bond acceptors (Lipinski definition) is 4. The molecule has 3 rings (SSSR count). The summed E-state index contributed by atoms with van der Waals surface area (Å²) in [6.45, 7) is 1.63. The normalized spacial score (nSPS) is 21.1. The second kappa shape index (κ2) is 7.32. The molecule has 1 saturated heterocycles. The molecule has 126 valence electrons. The molecule has 0 aromatic heterocycles. The summed E-state index contributed by atoms with van der Waals surface area (Å²) in [5, 5.41) is 16.7. The number of aliphatic hydroxyl groups is 1. The molecule has 2 aliphatic rings. The minimum atomic E-state index is -0.797. The van der Waals surface area contributed by atoms with E-state index < -0.39 is 5.60 Å². The Balaban J connectivity index is 1.49. The summed E-state index contributed by atoms with van der Waals surface area (Å²) < 4.78 is 5.35. The van der Waals surface area contributed by atoms with E-state index in [9.17, 15) is 9.90 Å². The molecule has 1 aliphatic heterocycles. The van der Waals surface area contributed by atoms with Crippen LogP contribution in [0.25, 0.3) is 0 Å². The molecule has 1 amide bonds. The monoisotopic (exact) mass is 318 g/mol. The van der Waals surface area contributed by atoms with Gasteiger partial charge in [-0.2, -0.15) is 0 Å². The molecule has 0 unspecified atom stereocenters. The first-order chi connectivity index (χ1) is 11.1. The summed E-state index contributed by atoms with van der Waals surface area (Å²) in [7, 11) is 0. The van der Waals surface area contributed by atoms with Crippen LogP contribution in [0.2, 0.25) is 0 Å². The quantitative estimate of drug-likeness (QED) is 0.781. The first-order valence-corrected chi connectivity index (χ1v) is 8.60. The van der Waals surface area contributed by atoms with Crippen molar-refractivity contribution in [2.24, 2.45) is 0 Å². The van der Waals surface area contributed by atoms with Crippen molar-refractivity contribution >= 4 is 17.3 Å². The predicted molar refractivity (Wildman–Crippen MR) is 90.6 cm³/mol. The molecule has 23 heavy (non-hydrogen) atoms. The molecular weight excluding hydrogens is 292 g/mol. The van der Waals surface area contributed by atoms with Crippen LogP contribution in [0.5, 0.6) is 0 Å². The zero-order valence-electron chi connectivity index (χ0n) is 13.5. The Morgan fingerprint density at radius 1 is 1.13 bits per heavy atom. The van der Waals surface area contributed by atoms with Crippen LogP contribution in [-0.4, -0.2) is 35.9 Å². The van der Waals surface area contributed by atoms with Crippen LogP contribution in [0.4, 0.5) is 11.4 Å². The van der Waals surface area contributed by atoms with E-state index in [2.05, 4.69) is 10.6 Å². The van der Waals surface area contributed by atoms with E-state index in [-0.39, 0.29) is 12.3 Å². The molecule has 0 bridgehead atoms. The van der Waals surface area contributed by atoms with Gasteiger partial charge in [0.05, 0.1) is 12.0 Å². The van der Waals surface area contributed by atoms with Crippen LogP contribution >= 0.6 is 0 Å². The van der Waals surface area contributed by atoms with Gasteiger partial charge in [-0.25, -0.2) is 0 Å². The molecule has 1 aromatic carbocycles. The van der Waals surface area contributed by atoms with Crippen LogP contribution in [0.1, 0.15) is 44.9 Å². The third kappa shape index (κ3) is 4.69. The first-order valence-electron chi connectivity index (χ1n) is 8.60. The molecule has 1 aromatic rings. The Hall–Kier alpha value is -1.59. The van der Waals surface area contributed by atoms with Crippen LogP contribution in [-0.2, 0) is 9.53 Å². The molecule has 3 N–H and O–H groups in total. The SMILES string of the molecule is O=C(CC1(O)CCCC1)Nc1ccc(NC2CCOCC2)cc1. The summed E-state index contributed by atoms with van der Waals surface area (Å²) >= 11 is 0. The number of ether oxygens (including phenoxy) is 1. The van der Waals surface area contributed by atoms with Crippen LogP contribution in [0.3, 0.4) is 0 Å². The number of hydrogen-bond donors (Lipinski definition) is 3. The van der Waals surface area contributed by atoms with Crippen molar-refractivity contribution in [3.63, 3.8) is 0 Å². The van der Waals surface area contributed by atoms with Gasteiger partial charge in [-0.15, -0.1) is 0 Å². The van der Waals surface area contributed by atoms with Gasteiger partial charge >= 0.3 is 0 Å². The summed E-state index contributed by atoms with van der Waals surface area (Å²) in [5.74, 6) is -0.112. The highest BCUT2D eigenvalue weighted by atomic mass is 16.5. The van der Waals surface area contributed by atoms with E-state index >= 15 is 0 Å². The number of rotatable bonds is 5. The maximum Gasteiger partial charge on any atom is 0.227 e. The fraction of sp³-hybridized carbons (Fsp3) is 0.611. The Morgan fingerprint density at radius 3 is 2.39 bits per heavy atom. The van der Waals surface area contributed by atoms with E-state index in [0.29, 0.717) is 6.04 Å². The predicted octanol–water partition coefficient (Wildman–Crippen LogP) is 2.91. The molecular formula is C18H26N2O3. The Labute approximate surface area is 137 Å². The summed E-state index contributed by atoms with van der Waals surface area (Å²) in [5.41, 5.74) is 1.03. The van der Waals surface area contributed by atoms with Crippen molar-refractivity contribution in [2.75, 3.05) is 23.8 Å². The number of carbonyl (C=O) groups excluding carboxylic acids is 1. The molecule has 0 spiro atoms. The van der Waals surface area contributed by atoms with Gasteiger partial charge in [-0.1, -0.05) is 12.8 Å². The lowest BCUT2D eigenvalue weighted by Gasteiger charge is -2.24. The molecule has 1 heterocycles. The van der Waals surface area contributed by atoms with Gasteiger partial charge in [0.15, 0.2) is 0 Å². The smallest absolute Gasteiger partial charge is 0.227 e. The van der Waals surface area contributed by atoms with Crippen LogP contribution < -0.4 is 10.6 Å². The Morgan fingerprint density at radius 2 is 1.74 bits per heavy atom. The third-order valence-corrected chi connectivity index (χ3v) is 4.78. The number of carbonyl (C=O) groups is 1. The van der Waals surface area contributed by atoms with Crippen LogP contribution in [0, 0.1) is 0 Å². The number of anilines is 2. The van der Waals surface area contributed by atoms with Crippen molar-refractivity contribution in [3.05, 3.63) is 24.3 Å². The molecule has 0 radical (unpaired) electrons. The number of nitrogens with one attached hydrogen (secondary N) is 2. The van der Waals surface area contributed by atoms with Gasteiger partial charge in [0.25, 0.3) is 0 Å². The highest BCUT2D eigenvalue weighted by Gasteiger charge is 2.33. The number of amides is 1. The minimum absolute atomic E-state index is 0.112. The van der Waals surface area contributed by atoms with Gasteiger partial charge in [-0.05, 0) is 49.9 Å². The maximum atomic E-state index is 12.1. The van der Waals surface area contributed by atoms with E-state index in [1.807, 2.05) is 24.3 Å². The molecule has 2 fully saturated rings. The second-order valence-electron chi connectivity index (χ2n) is 6.76. The van der Waals surface area contributed by atoms with Crippen molar-refractivity contribution < 1.29 is 14.6 Å². The summed E-state index contributed by atoms with van der Waals surface area (Å²) in [6.07, 6.45) is 5.72. The van der Waals surface area contributed by atoms with Gasteiger partial charge < -0.3 is 20.5 Å². The molecule has 0 atom stereocenters. The fourth-order valence-corrected chi connectivity index (χ4v) is 3.44. The van der Waals surface area contributed by atoms with Gasteiger partial charge in [0, 0.05) is 30.6 Å². The van der Waals surface area contributed by atoms with Gasteiger partial charge in [0.2, 0.25) is 5.91 Å². The number of benzene rings is 1. The lowest BCUT2D eigenvalue weighted by molar-refractivity contribution is -0.120. The molecule has 1 aliphatic carbocycles. The molecule has 5 heteroatoms. The zero-order chi connectivity index (χ0) is 16.1. The second-order valence-corrected chi connectivity index (χ2v) is 6.76. The van der Waals surface area contributed by atoms with Crippen LogP contribution in [0.15, 0.2) is 24.3 Å². The highest BCUT2D eigenvalue weighted by Crippen LogP contribution is 2.32. The first kappa shape index (κ1) is 16.3. The minimum Gasteiger partial charge on any atom is -0.389 e. The lowest BCUT2D eigenvalue weighted by atomic mass is 9.97. The summed E-state index contributed by atoms with van der Waals surface area (Å²) in [4.78, 5) is 12.1. The maximum absolute atomic E-state index is 12.1. The van der Waals surface area contributed by atoms with E-state index in [1.165, 1.54) is 0 Å². The van der Waals surface area contributed by atoms with Crippen molar-refractivity contribution in [2.45, 2.75) is 56.6 Å². The van der Waals surface area contributed by atoms with Crippen molar-refractivity contribution in [3.8, 4) is 0 Å². The van der Waals surface area contributed by atoms with Crippen molar-refractivity contribution in [1.82, 2.24) is 0 Å². The Bertz CT molecular complexity index is 518. The zero-order valence-corrected chi connectivity index (χ0v) is 13.5. The van der Waals surface area contributed by atoms with E-state index in [0.717, 1.165) is 63.1 Å². The standard InChI is InChI=1S/C18H26N2O3/c21-17(13-18(22)9-1-2-10-18)20-15-5-3-14(4-6-15)19-16-7-11-23-12-8-16/h3-6,16,19,22H,1-2,7-13H2,(H,20,21). The topological polar surface area (TPSA) is 70.6 Å². The highest BCUT2D eigenvalue weighted by molar-refractivity contribution is 5.91. The van der Waals surface area contributed by atoms with E-state index in [4.69, 9.17) is 4.74 Å². The molecule has 1 saturated carbocycles. The third-order valence-electron chi connectivity index (χ3n) is 4.78. The Kier molecular flexibility index (Phi) is 5.18. The fourth-order valence-electron chi connectivity index (χ4n) is 3.44. The largest absolute Gasteiger partial charge is 0.389 e. The van der Waals surface area contributed by atoms with Gasteiger partial charge in [0.1, 0.15) is 0 Å². The van der Waals surface area contributed by atoms with E-state index in [1.54, 1.807) is 0 Å². The van der Waals surface area contributed by atoms with Crippen molar-refractivity contribution in [1.29, 1.82) is 0 Å². The average molecular weight is 318 g/mol.